The van der Waals surface area contributed by atoms with Crippen LogP contribution in [0.25, 0.3) is 0 Å². The second-order valence-electron chi connectivity index (χ2n) is 6.25. The summed E-state index contributed by atoms with van der Waals surface area (Å²) < 4.78 is 5.21. The first-order chi connectivity index (χ1) is 11.5. The Morgan fingerprint density at radius 2 is 1.83 bits per heavy atom. The van der Waals surface area contributed by atoms with Crippen LogP contribution in [-0.4, -0.2) is 31.5 Å². The Labute approximate surface area is 145 Å². The molecular weight excluding hydrogens is 304 g/mol. The van der Waals surface area contributed by atoms with Crippen molar-refractivity contribution >= 4 is 11.8 Å². The smallest absolute Gasteiger partial charge is 0.255 e. The number of nitrogens with one attached hydrogen (secondary N) is 2. The number of hydrogen-bond acceptors (Lipinski definition) is 3. The SMILES string of the molecule is CCCCCCNC(=O)C(NC(=O)c1ccccc1OC)C(C)C. The van der Waals surface area contributed by atoms with Gasteiger partial charge in [0.15, 0.2) is 0 Å². The number of benzene rings is 1. The molecule has 0 aliphatic heterocycles. The van der Waals surface area contributed by atoms with Crippen LogP contribution in [0.2, 0.25) is 0 Å². The Hall–Kier alpha value is -2.04. The van der Waals surface area contributed by atoms with E-state index < -0.39 is 6.04 Å². The number of unbranched alkanes of at least 4 members (excludes halogenated alkanes) is 3. The summed E-state index contributed by atoms with van der Waals surface area (Å²) in [4.78, 5) is 24.9. The normalized spacial score (nSPS) is 11.9. The summed E-state index contributed by atoms with van der Waals surface area (Å²) in [6.07, 6.45) is 4.41. The molecule has 5 nitrogen and oxygen atoms in total. The topological polar surface area (TPSA) is 67.4 Å². The summed E-state index contributed by atoms with van der Waals surface area (Å²) in [7, 11) is 1.52. The van der Waals surface area contributed by atoms with Gasteiger partial charge >= 0.3 is 0 Å². The molecule has 0 saturated heterocycles. The van der Waals surface area contributed by atoms with E-state index in [2.05, 4.69) is 17.6 Å². The van der Waals surface area contributed by atoms with Gasteiger partial charge in [0.25, 0.3) is 5.91 Å². The summed E-state index contributed by atoms with van der Waals surface area (Å²) in [6.45, 7) is 6.64. The largest absolute Gasteiger partial charge is 0.496 e. The molecule has 0 aliphatic carbocycles. The fourth-order valence-electron chi connectivity index (χ4n) is 2.46. The Morgan fingerprint density at radius 1 is 1.12 bits per heavy atom. The number of methoxy groups -OCH3 is 1. The lowest BCUT2D eigenvalue weighted by molar-refractivity contribution is -0.123. The average Bonchev–Trinajstić information content (AvgIpc) is 2.58. The quantitative estimate of drug-likeness (QED) is 0.646. The molecule has 1 rings (SSSR count). The zero-order valence-corrected chi connectivity index (χ0v) is 15.2. The number of carbonyl (C=O) groups is 2. The summed E-state index contributed by atoms with van der Waals surface area (Å²) in [5.74, 6) is 0.0637. The van der Waals surface area contributed by atoms with Gasteiger partial charge in [-0.2, -0.15) is 0 Å². The van der Waals surface area contributed by atoms with Crippen molar-refractivity contribution in [1.29, 1.82) is 0 Å². The van der Waals surface area contributed by atoms with Crippen LogP contribution in [0.4, 0.5) is 0 Å². The molecule has 2 N–H and O–H groups in total. The molecule has 1 atom stereocenters. The van der Waals surface area contributed by atoms with Crippen LogP contribution >= 0.6 is 0 Å². The van der Waals surface area contributed by atoms with Crippen molar-refractivity contribution in [1.82, 2.24) is 10.6 Å². The molecule has 134 valence electrons. The van der Waals surface area contributed by atoms with Crippen LogP contribution in [0.3, 0.4) is 0 Å². The predicted molar refractivity (Wildman–Crippen MR) is 96.2 cm³/mol. The Balaban J connectivity index is 2.65. The number of carbonyl (C=O) groups excluding carboxylic acids is 2. The average molecular weight is 334 g/mol. The molecule has 0 saturated carbocycles. The van der Waals surface area contributed by atoms with Gasteiger partial charge in [-0.25, -0.2) is 0 Å². The van der Waals surface area contributed by atoms with Crippen LogP contribution in [0, 0.1) is 5.92 Å². The third kappa shape index (κ3) is 6.22. The molecule has 1 unspecified atom stereocenters. The molecule has 1 aromatic carbocycles. The van der Waals surface area contributed by atoms with Gasteiger partial charge in [-0.3, -0.25) is 9.59 Å². The highest BCUT2D eigenvalue weighted by molar-refractivity contribution is 5.99. The van der Waals surface area contributed by atoms with E-state index in [4.69, 9.17) is 4.74 Å². The van der Waals surface area contributed by atoms with Gasteiger partial charge in [-0.1, -0.05) is 52.2 Å². The first-order valence-corrected chi connectivity index (χ1v) is 8.72. The van der Waals surface area contributed by atoms with Crippen LogP contribution in [0.5, 0.6) is 5.75 Å². The Bertz CT molecular complexity index is 529. The second kappa shape index (κ2) is 10.7. The lowest BCUT2D eigenvalue weighted by Crippen LogP contribution is -2.49. The van der Waals surface area contributed by atoms with Gasteiger partial charge in [0, 0.05) is 6.54 Å². The first kappa shape index (κ1) is 20.0. The number of para-hydroxylation sites is 1. The first-order valence-electron chi connectivity index (χ1n) is 8.72. The van der Waals surface area contributed by atoms with Crippen molar-refractivity contribution in [3.63, 3.8) is 0 Å². The van der Waals surface area contributed by atoms with Gasteiger partial charge in [0.2, 0.25) is 5.91 Å². The Kier molecular flexibility index (Phi) is 8.90. The van der Waals surface area contributed by atoms with Crippen molar-refractivity contribution < 1.29 is 14.3 Å². The minimum Gasteiger partial charge on any atom is -0.496 e. The standard InChI is InChI=1S/C19H30N2O3/c1-5-6-7-10-13-20-19(23)17(14(2)3)21-18(22)15-11-8-9-12-16(15)24-4/h8-9,11-12,14,17H,5-7,10,13H2,1-4H3,(H,20,23)(H,21,22). The molecule has 0 fully saturated rings. The summed E-state index contributed by atoms with van der Waals surface area (Å²) in [5, 5.41) is 5.75. The maximum Gasteiger partial charge on any atom is 0.255 e. The van der Waals surface area contributed by atoms with Crippen molar-refractivity contribution in [3.8, 4) is 5.75 Å². The highest BCUT2D eigenvalue weighted by atomic mass is 16.5. The van der Waals surface area contributed by atoms with Crippen molar-refractivity contribution in [2.45, 2.75) is 52.5 Å². The maximum atomic E-state index is 12.5. The van der Waals surface area contributed by atoms with Crippen molar-refractivity contribution in [3.05, 3.63) is 29.8 Å². The second-order valence-corrected chi connectivity index (χ2v) is 6.25. The number of amides is 2. The lowest BCUT2D eigenvalue weighted by atomic mass is 10.0. The fourth-order valence-corrected chi connectivity index (χ4v) is 2.46. The predicted octanol–water partition coefficient (Wildman–Crippen LogP) is 3.15. The van der Waals surface area contributed by atoms with Crippen molar-refractivity contribution in [2.24, 2.45) is 5.92 Å². The highest BCUT2D eigenvalue weighted by Gasteiger charge is 2.25. The zero-order chi connectivity index (χ0) is 17.9. The van der Waals surface area contributed by atoms with E-state index in [1.807, 2.05) is 13.8 Å². The summed E-state index contributed by atoms with van der Waals surface area (Å²) in [6, 6.07) is 6.43. The highest BCUT2D eigenvalue weighted by Crippen LogP contribution is 2.17. The third-order valence-corrected chi connectivity index (χ3v) is 3.92. The molecule has 5 heteroatoms. The molecule has 0 aliphatic rings. The lowest BCUT2D eigenvalue weighted by Gasteiger charge is -2.22. The van der Waals surface area contributed by atoms with E-state index in [0.717, 1.165) is 19.3 Å². The zero-order valence-electron chi connectivity index (χ0n) is 15.2. The number of ether oxygens (including phenoxy) is 1. The summed E-state index contributed by atoms with van der Waals surface area (Å²) >= 11 is 0. The summed E-state index contributed by atoms with van der Waals surface area (Å²) in [5.41, 5.74) is 0.432. The molecule has 0 spiro atoms. The fraction of sp³-hybridized carbons (Fsp3) is 0.579. The number of rotatable bonds is 10. The number of hydrogen-bond donors (Lipinski definition) is 2. The molecule has 0 radical (unpaired) electrons. The van der Waals surface area contributed by atoms with Gasteiger partial charge in [0.05, 0.1) is 12.7 Å². The van der Waals surface area contributed by atoms with Crippen LogP contribution in [0.1, 0.15) is 56.8 Å². The monoisotopic (exact) mass is 334 g/mol. The van der Waals surface area contributed by atoms with Crippen LogP contribution < -0.4 is 15.4 Å². The van der Waals surface area contributed by atoms with Crippen LogP contribution in [0.15, 0.2) is 24.3 Å². The molecule has 0 heterocycles. The van der Waals surface area contributed by atoms with Gasteiger partial charge < -0.3 is 15.4 Å². The van der Waals surface area contributed by atoms with Crippen molar-refractivity contribution in [2.75, 3.05) is 13.7 Å². The van der Waals surface area contributed by atoms with E-state index in [1.165, 1.54) is 13.5 Å². The molecule has 2 amide bonds. The molecular formula is C19H30N2O3. The van der Waals surface area contributed by atoms with E-state index in [9.17, 15) is 9.59 Å². The third-order valence-electron chi connectivity index (χ3n) is 3.92. The van der Waals surface area contributed by atoms with E-state index >= 15 is 0 Å². The van der Waals surface area contributed by atoms with Gasteiger partial charge in [0.1, 0.15) is 11.8 Å². The van der Waals surface area contributed by atoms with E-state index in [0.29, 0.717) is 17.9 Å². The van der Waals surface area contributed by atoms with Gasteiger partial charge in [-0.05, 0) is 24.5 Å². The minimum absolute atomic E-state index is 0.000649. The minimum atomic E-state index is -0.561. The molecule has 0 aromatic heterocycles. The molecule has 0 bridgehead atoms. The Morgan fingerprint density at radius 3 is 2.46 bits per heavy atom. The van der Waals surface area contributed by atoms with Crippen LogP contribution in [-0.2, 0) is 4.79 Å². The van der Waals surface area contributed by atoms with E-state index in [1.54, 1.807) is 24.3 Å². The maximum absolute atomic E-state index is 12.5. The molecule has 1 aromatic rings. The van der Waals surface area contributed by atoms with Gasteiger partial charge in [-0.15, -0.1) is 0 Å². The van der Waals surface area contributed by atoms with E-state index in [-0.39, 0.29) is 17.7 Å². The molecule has 24 heavy (non-hydrogen) atoms.